The molecule has 1 aromatic carbocycles. The van der Waals surface area contributed by atoms with E-state index in [-0.39, 0.29) is 5.56 Å². The van der Waals surface area contributed by atoms with Gasteiger partial charge in [-0.2, -0.15) is 0 Å². The summed E-state index contributed by atoms with van der Waals surface area (Å²) in [5.41, 5.74) is 3.90. The van der Waals surface area contributed by atoms with E-state index in [0.29, 0.717) is 6.54 Å². The number of rotatable bonds is 6. The van der Waals surface area contributed by atoms with Gasteiger partial charge in [0.15, 0.2) is 0 Å². The van der Waals surface area contributed by atoms with E-state index >= 15 is 0 Å². The molecule has 0 aliphatic heterocycles. The molecule has 0 unspecified atom stereocenters. The predicted molar refractivity (Wildman–Crippen MR) is 83.9 cm³/mol. The van der Waals surface area contributed by atoms with Crippen molar-refractivity contribution >= 4 is 0 Å². The summed E-state index contributed by atoms with van der Waals surface area (Å²) in [6, 6.07) is 12.0. The van der Waals surface area contributed by atoms with Crippen LogP contribution in [0.1, 0.15) is 30.9 Å². The molecule has 3 nitrogen and oxygen atoms in total. The van der Waals surface area contributed by atoms with Gasteiger partial charge in [-0.25, -0.2) is 0 Å². The molecule has 1 aromatic heterocycles. The monoisotopic (exact) mass is 270 g/mol. The van der Waals surface area contributed by atoms with E-state index in [2.05, 4.69) is 24.1 Å². The average molecular weight is 270 g/mol. The van der Waals surface area contributed by atoms with Crippen molar-refractivity contribution in [3.8, 4) is 11.3 Å². The molecule has 2 N–H and O–H groups in total. The molecular weight excluding hydrogens is 248 g/mol. The third-order valence-corrected chi connectivity index (χ3v) is 3.38. The Morgan fingerprint density at radius 3 is 2.50 bits per heavy atom. The van der Waals surface area contributed by atoms with Crippen LogP contribution in [0.2, 0.25) is 0 Å². The van der Waals surface area contributed by atoms with E-state index in [1.807, 2.05) is 36.4 Å². The third kappa shape index (κ3) is 3.81. The average Bonchev–Trinajstić information content (AvgIpc) is 2.46. The minimum atomic E-state index is -0.00734. The maximum atomic E-state index is 12.0. The molecule has 0 amide bonds. The fourth-order valence-electron chi connectivity index (χ4n) is 2.07. The lowest BCUT2D eigenvalue weighted by Crippen LogP contribution is -2.21. The Morgan fingerprint density at radius 1 is 1.10 bits per heavy atom. The van der Waals surface area contributed by atoms with Gasteiger partial charge in [0.2, 0.25) is 0 Å². The van der Waals surface area contributed by atoms with E-state index in [1.165, 1.54) is 5.56 Å². The number of benzene rings is 1. The highest BCUT2D eigenvalue weighted by Crippen LogP contribution is 2.16. The van der Waals surface area contributed by atoms with E-state index in [0.717, 1.165) is 36.2 Å². The summed E-state index contributed by atoms with van der Waals surface area (Å²) < 4.78 is 0. The molecule has 0 aliphatic carbocycles. The van der Waals surface area contributed by atoms with Gasteiger partial charge in [0.1, 0.15) is 0 Å². The first-order valence-corrected chi connectivity index (χ1v) is 7.20. The number of hydrogen-bond acceptors (Lipinski definition) is 2. The minimum absolute atomic E-state index is 0.00734. The smallest absolute Gasteiger partial charge is 0.252 e. The van der Waals surface area contributed by atoms with Crippen LogP contribution in [-0.4, -0.2) is 11.5 Å². The molecule has 0 atom stereocenters. The fourth-order valence-corrected chi connectivity index (χ4v) is 2.07. The quantitative estimate of drug-likeness (QED) is 0.791. The Labute approximate surface area is 120 Å². The maximum Gasteiger partial charge on any atom is 0.252 e. The largest absolute Gasteiger partial charge is 0.322 e. The number of hydrogen-bond donors (Lipinski definition) is 2. The maximum absolute atomic E-state index is 12.0. The summed E-state index contributed by atoms with van der Waals surface area (Å²) in [7, 11) is 0. The Bertz CT molecular complexity index is 599. The van der Waals surface area contributed by atoms with Gasteiger partial charge in [-0.1, -0.05) is 49.2 Å². The first-order chi connectivity index (χ1) is 9.70. The Hall–Kier alpha value is -1.87. The van der Waals surface area contributed by atoms with Crippen LogP contribution in [0, 0.1) is 6.92 Å². The second kappa shape index (κ2) is 7.06. The van der Waals surface area contributed by atoms with Crippen LogP contribution in [0.3, 0.4) is 0 Å². The molecule has 3 heteroatoms. The van der Waals surface area contributed by atoms with Crippen LogP contribution >= 0.6 is 0 Å². The number of aryl methyl sites for hydroxylation is 1. The summed E-state index contributed by atoms with van der Waals surface area (Å²) >= 11 is 0. The van der Waals surface area contributed by atoms with Crippen molar-refractivity contribution in [2.45, 2.75) is 33.2 Å². The van der Waals surface area contributed by atoms with Crippen molar-refractivity contribution in [3.05, 3.63) is 57.9 Å². The molecule has 20 heavy (non-hydrogen) atoms. The van der Waals surface area contributed by atoms with Crippen molar-refractivity contribution in [2.24, 2.45) is 0 Å². The second-order valence-corrected chi connectivity index (χ2v) is 5.12. The standard InChI is InChI=1S/C17H22N2O/c1-3-4-11-18-12-15-9-10-16(19-17(15)20)14-7-5-13(2)6-8-14/h5-10,18H,3-4,11-12H2,1-2H3,(H,19,20). The number of nitrogens with one attached hydrogen (secondary N) is 2. The highest BCUT2D eigenvalue weighted by molar-refractivity contribution is 5.59. The van der Waals surface area contributed by atoms with Crippen LogP contribution in [0.25, 0.3) is 11.3 Å². The number of H-pyrrole nitrogens is 1. The SMILES string of the molecule is CCCCNCc1ccc(-c2ccc(C)cc2)[nH]c1=O. The van der Waals surface area contributed by atoms with Gasteiger partial charge in [0.25, 0.3) is 5.56 Å². The van der Waals surface area contributed by atoms with Crippen molar-refractivity contribution in [3.63, 3.8) is 0 Å². The zero-order chi connectivity index (χ0) is 14.4. The molecular formula is C17H22N2O. The molecule has 1 heterocycles. The summed E-state index contributed by atoms with van der Waals surface area (Å²) in [4.78, 5) is 15.0. The number of aromatic nitrogens is 1. The lowest BCUT2D eigenvalue weighted by Gasteiger charge is -2.06. The van der Waals surface area contributed by atoms with E-state index < -0.39 is 0 Å². The summed E-state index contributed by atoms with van der Waals surface area (Å²) in [5.74, 6) is 0. The van der Waals surface area contributed by atoms with E-state index in [1.54, 1.807) is 0 Å². The predicted octanol–water partition coefficient (Wildman–Crippen LogP) is 3.24. The van der Waals surface area contributed by atoms with Crippen molar-refractivity contribution in [2.75, 3.05) is 6.54 Å². The molecule has 0 bridgehead atoms. The van der Waals surface area contributed by atoms with Crippen molar-refractivity contribution in [1.29, 1.82) is 0 Å². The van der Waals surface area contributed by atoms with Gasteiger partial charge >= 0.3 is 0 Å². The van der Waals surface area contributed by atoms with Crippen LogP contribution in [0.15, 0.2) is 41.2 Å². The molecule has 0 fully saturated rings. The normalized spacial score (nSPS) is 10.7. The topological polar surface area (TPSA) is 44.9 Å². The van der Waals surface area contributed by atoms with Crippen LogP contribution < -0.4 is 10.9 Å². The summed E-state index contributed by atoms with van der Waals surface area (Å²) in [6.45, 7) is 5.79. The molecule has 2 aromatic rings. The highest BCUT2D eigenvalue weighted by atomic mass is 16.1. The molecule has 2 rings (SSSR count). The van der Waals surface area contributed by atoms with E-state index in [9.17, 15) is 4.79 Å². The molecule has 106 valence electrons. The first-order valence-electron chi connectivity index (χ1n) is 7.20. The van der Waals surface area contributed by atoms with Gasteiger partial charge in [0.05, 0.1) is 0 Å². The lowest BCUT2D eigenvalue weighted by molar-refractivity contribution is 0.638. The van der Waals surface area contributed by atoms with Gasteiger partial charge in [-0.05, 0) is 31.5 Å². The van der Waals surface area contributed by atoms with Crippen LogP contribution in [0.5, 0.6) is 0 Å². The van der Waals surface area contributed by atoms with Crippen LogP contribution in [-0.2, 0) is 6.54 Å². The fraction of sp³-hybridized carbons (Fsp3) is 0.353. The molecule has 0 spiro atoms. The van der Waals surface area contributed by atoms with Gasteiger partial charge < -0.3 is 10.3 Å². The molecule has 0 saturated carbocycles. The second-order valence-electron chi connectivity index (χ2n) is 5.12. The van der Waals surface area contributed by atoms with Gasteiger partial charge in [-0.3, -0.25) is 4.79 Å². The van der Waals surface area contributed by atoms with Gasteiger partial charge in [0, 0.05) is 17.8 Å². The summed E-state index contributed by atoms with van der Waals surface area (Å²) in [6.07, 6.45) is 2.30. The highest BCUT2D eigenvalue weighted by Gasteiger charge is 2.03. The number of aromatic amines is 1. The van der Waals surface area contributed by atoms with Crippen molar-refractivity contribution < 1.29 is 0 Å². The zero-order valence-electron chi connectivity index (χ0n) is 12.2. The third-order valence-electron chi connectivity index (χ3n) is 3.38. The first kappa shape index (κ1) is 14.5. The van der Waals surface area contributed by atoms with Crippen LogP contribution in [0.4, 0.5) is 0 Å². The Kier molecular flexibility index (Phi) is 5.13. The molecule has 0 saturated heterocycles. The summed E-state index contributed by atoms with van der Waals surface area (Å²) in [5, 5.41) is 3.29. The number of pyridine rings is 1. The Balaban J connectivity index is 2.09. The minimum Gasteiger partial charge on any atom is -0.322 e. The van der Waals surface area contributed by atoms with Crippen molar-refractivity contribution in [1.82, 2.24) is 10.3 Å². The van der Waals surface area contributed by atoms with E-state index in [4.69, 9.17) is 0 Å². The zero-order valence-corrected chi connectivity index (χ0v) is 12.2. The molecule has 0 aliphatic rings. The van der Waals surface area contributed by atoms with Gasteiger partial charge in [-0.15, -0.1) is 0 Å². The lowest BCUT2D eigenvalue weighted by atomic mass is 10.1. The Morgan fingerprint density at radius 2 is 1.85 bits per heavy atom. The number of unbranched alkanes of at least 4 members (excludes halogenated alkanes) is 1. The molecule has 0 radical (unpaired) electrons.